The van der Waals surface area contributed by atoms with Crippen molar-refractivity contribution in [2.45, 2.75) is 19.3 Å². The Morgan fingerprint density at radius 2 is 2.12 bits per heavy atom. The fourth-order valence-electron chi connectivity index (χ4n) is 2.80. The predicted octanol–water partition coefficient (Wildman–Crippen LogP) is 4.18. The summed E-state index contributed by atoms with van der Waals surface area (Å²) < 4.78 is 37.8. The summed E-state index contributed by atoms with van der Waals surface area (Å²) in [5.41, 5.74) is 1.60. The topological polar surface area (TPSA) is 69.6 Å². The lowest BCUT2D eigenvalue weighted by molar-refractivity contribution is -0.132. The van der Waals surface area contributed by atoms with Gasteiger partial charge in [-0.05, 0) is 60.2 Å². The number of carbonyl (C=O) groups is 1. The average molecular weight is 330 g/mol. The number of anilines is 1. The largest absolute Gasteiger partial charge is 0.508 e. The van der Waals surface area contributed by atoms with E-state index in [4.69, 9.17) is 9.22 Å². The minimum Gasteiger partial charge on any atom is -0.508 e. The van der Waals surface area contributed by atoms with Gasteiger partial charge >= 0.3 is 5.97 Å². The van der Waals surface area contributed by atoms with Crippen LogP contribution < -0.4 is 5.32 Å². The Balaban J connectivity index is 1.86. The highest BCUT2D eigenvalue weighted by molar-refractivity contribution is 5.88. The summed E-state index contributed by atoms with van der Waals surface area (Å²) in [6.07, 6.45) is 1.95. The molecule has 0 aromatic heterocycles. The molecule has 3 rings (SSSR count). The summed E-state index contributed by atoms with van der Waals surface area (Å²) in [7, 11) is 0. The zero-order valence-electron chi connectivity index (χ0n) is 15.8. The minimum absolute atomic E-state index is 0.0422. The van der Waals surface area contributed by atoms with Crippen molar-refractivity contribution in [3.8, 4) is 16.9 Å². The molecule has 0 saturated heterocycles. The van der Waals surface area contributed by atoms with Crippen molar-refractivity contribution >= 4 is 11.7 Å². The van der Waals surface area contributed by atoms with E-state index < -0.39 is 23.6 Å². The van der Waals surface area contributed by atoms with Crippen molar-refractivity contribution in [3.05, 3.63) is 59.4 Å². The molecule has 0 atom stereocenters. The highest BCUT2D eigenvalue weighted by atomic mass is 19.1. The number of aromatic hydroxyl groups is 1. The molecule has 0 fully saturated rings. The van der Waals surface area contributed by atoms with Crippen LogP contribution in [-0.2, 0) is 4.79 Å². The van der Waals surface area contributed by atoms with Crippen LogP contribution in [0.2, 0.25) is 0 Å². The summed E-state index contributed by atoms with van der Waals surface area (Å²) in [5.74, 6) is -2.11. The Morgan fingerprint density at radius 3 is 2.88 bits per heavy atom. The molecule has 0 amide bonds. The van der Waals surface area contributed by atoms with E-state index in [1.807, 2.05) is 0 Å². The lowest BCUT2D eigenvalue weighted by Gasteiger charge is -2.11. The van der Waals surface area contributed by atoms with Gasteiger partial charge in [0.1, 0.15) is 11.6 Å². The Labute approximate surface area is 143 Å². The van der Waals surface area contributed by atoms with Crippen molar-refractivity contribution in [2.24, 2.45) is 0 Å². The molecule has 1 aliphatic rings. The molecule has 124 valence electrons. The Morgan fingerprint density at radius 1 is 1.29 bits per heavy atom. The summed E-state index contributed by atoms with van der Waals surface area (Å²) in [6, 6.07) is 4.35. The Hall–Kier alpha value is -2.82. The third-order valence-corrected chi connectivity index (χ3v) is 4.01. The number of aliphatic carboxylic acids is 1. The van der Waals surface area contributed by atoms with Gasteiger partial charge in [0, 0.05) is 12.1 Å². The summed E-state index contributed by atoms with van der Waals surface area (Å²) >= 11 is 0. The highest BCUT2D eigenvalue weighted by Crippen LogP contribution is 2.29. The maximum atomic E-state index is 14.5. The number of halogens is 1. The van der Waals surface area contributed by atoms with Gasteiger partial charge < -0.3 is 15.5 Å². The number of benzene rings is 2. The van der Waals surface area contributed by atoms with Crippen molar-refractivity contribution in [2.75, 3.05) is 11.9 Å². The van der Waals surface area contributed by atoms with E-state index in [2.05, 4.69) is 5.32 Å². The van der Waals surface area contributed by atoms with Gasteiger partial charge in [-0.15, -0.1) is 0 Å². The normalized spacial score (nSPS) is 15.8. The number of carboxylic acids is 1. The second-order valence-corrected chi connectivity index (χ2v) is 5.57. The zero-order chi connectivity index (χ0) is 19.7. The third kappa shape index (κ3) is 3.40. The van der Waals surface area contributed by atoms with Crippen LogP contribution in [0.25, 0.3) is 11.1 Å². The van der Waals surface area contributed by atoms with Gasteiger partial charge in [-0.2, -0.15) is 0 Å². The quantitative estimate of drug-likeness (QED) is 0.769. The number of phenolic OH excluding ortho intramolecular Hbond substituents is 1. The van der Waals surface area contributed by atoms with E-state index in [0.29, 0.717) is 18.4 Å². The molecule has 0 saturated carbocycles. The minimum atomic E-state index is -0.941. The van der Waals surface area contributed by atoms with Gasteiger partial charge in [-0.3, -0.25) is 0 Å². The molecule has 0 aliphatic heterocycles. The van der Waals surface area contributed by atoms with E-state index in [1.54, 1.807) is 0 Å². The third-order valence-electron chi connectivity index (χ3n) is 4.01. The number of nitrogens with one attached hydrogen (secondary N) is 1. The maximum Gasteiger partial charge on any atom is 0.331 e. The zero-order valence-corrected chi connectivity index (χ0v) is 12.8. The van der Waals surface area contributed by atoms with Gasteiger partial charge in [0.15, 0.2) is 0 Å². The van der Waals surface area contributed by atoms with E-state index in [0.717, 1.165) is 24.1 Å². The first-order valence-corrected chi connectivity index (χ1v) is 7.57. The predicted molar refractivity (Wildman–Crippen MR) is 90.5 cm³/mol. The molecular formula is C19H18FNO3. The van der Waals surface area contributed by atoms with Crippen LogP contribution >= 0.6 is 0 Å². The van der Waals surface area contributed by atoms with Crippen LogP contribution in [0.4, 0.5) is 10.1 Å². The van der Waals surface area contributed by atoms with Crippen LogP contribution in [0.15, 0.2) is 53.5 Å². The Kier molecular flexibility index (Phi) is 3.54. The second-order valence-electron chi connectivity index (χ2n) is 5.57. The number of carboxylic acid groups (broad SMARTS) is 1. The summed E-state index contributed by atoms with van der Waals surface area (Å²) in [6.45, 7) is 0.236. The molecular weight excluding hydrogens is 309 g/mol. The number of hydrogen-bond acceptors (Lipinski definition) is 3. The first kappa shape index (κ1) is 12.6. The molecule has 24 heavy (non-hydrogen) atoms. The number of hydrogen-bond donors (Lipinski definition) is 3. The molecule has 4 nitrogen and oxygen atoms in total. The molecule has 2 aromatic carbocycles. The standard InChI is InChI=1S/C19H18FNO3/c20-17-10-13(12-3-1-5-15(22)9-12)7-8-18(17)21-11-14-4-2-6-16(14)19(23)24/h1,3,5,7-10,21-22H,2,4,6,11H2,(H,23,24)/i3D,5D,9D. The van der Waals surface area contributed by atoms with Crippen molar-refractivity contribution < 1.29 is 23.5 Å². The molecule has 3 N–H and O–H groups in total. The first-order valence-electron chi connectivity index (χ1n) is 9.07. The second kappa shape index (κ2) is 6.74. The lowest BCUT2D eigenvalue weighted by atomic mass is 10.0. The number of rotatable bonds is 5. The fourth-order valence-corrected chi connectivity index (χ4v) is 2.80. The fraction of sp³-hybridized carbons (Fsp3) is 0.211. The van der Waals surface area contributed by atoms with E-state index >= 15 is 0 Å². The van der Waals surface area contributed by atoms with Crippen LogP contribution in [0, 0.1) is 5.82 Å². The van der Waals surface area contributed by atoms with E-state index in [9.17, 15) is 14.3 Å². The van der Waals surface area contributed by atoms with Crippen LogP contribution in [0.3, 0.4) is 0 Å². The van der Waals surface area contributed by atoms with Crippen molar-refractivity contribution in [1.29, 1.82) is 0 Å². The van der Waals surface area contributed by atoms with Gasteiger partial charge in [0.05, 0.1) is 9.80 Å². The van der Waals surface area contributed by atoms with Crippen LogP contribution in [0.5, 0.6) is 5.75 Å². The van der Waals surface area contributed by atoms with Crippen LogP contribution in [0.1, 0.15) is 23.4 Å². The Bertz CT molecular complexity index is 960. The van der Waals surface area contributed by atoms with Gasteiger partial charge in [0.25, 0.3) is 0 Å². The van der Waals surface area contributed by atoms with Crippen LogP contribution in [-0.4, -0.2) is 22.7 Å². The lowest BCUT2D eigenvalue weighted by Crippen LogP contribution is -2.09. The molecule has 2 aromatic rings. The van der Waals surface area contributed by atoms with Crippen molar-refractivity contribution in [1.82, 2.24) is 0 Å². The molecule has 5 heteroatoms. The molecule has 0 radical (unpaired) electrons. The number of phenols is 1. The SMILES string of the molecule is [2H]c1cc([2H])c(-c2ccc(NCC3=C(C(=O)O)CCC3)c(F)c2)c([2H])c1O. The summed E-state index contributed by atoms with van der Waals surface area (Å²) in [5, 5.41) is 21.8. The van der Waals surface area contributed by atoms with Gasteiger partial charge in [0.2, 0.25) is 0 Å². The van der Waals surface area contributed by atoms with E-state index in [1.165, 1.54) is 12.1 Å². The maximum absolute atomic E-state index is 14.5. The smallest absolute Gasteiger partial charge is 0.331 e. The molecule has 0 heterocycles. The average Bonchev–Trinajstić information content (AvgIpc) is 3.08. The summed E-state index contributed by atoms with van der Waals surface area (Å²) in [4.78, 5) is 11.2. The molecule has 0 spiro atoms. The van der Waals surface area contributed by atoms with E-state index in [-0.39, 0.29) is 35.4 Å². The first-order chi connectivity index (χ1) is 12.8. The highest BCUT2D eigenvalue weighted by Gasteiger charge is 2.20. The van der Waals surface area contributed by atoms with Gasteiger partial charge in [-0.25, -0.2) is 9.18 Å². The molecule has 0 bridgehead atoms. The molecule has 0 unspecified atom stereocenters. The molecule has 1 aliphatic carbocycles. The van der Waals surface area contributed by atoms with Crippen molar-refractivity contribution in [3.63, 3.8) is 0 Å². The van der Waals surface area contributed by atoms with Gasteiger partial charge in [-0.1, -0.05) is 18.2 Å². The monoisotopic (exact) mass is 330 g/mol.